The highest BCUT2D eigenvalue weighted by atomic mass is 32.1. The molecule has 7 nitrogen and oxygen atoms in total. The molecule has 0 aliphatic carbocycles. The number of amides is 2. The van der Waals surface area contributed by atoms with Crippen molar-refractivity contribution in [3.63, 3.8) is 0 Å². The number of ether oxygens (including phenoxy) is 1. The van der Waals surface area contributed by atoms with Crippen molar-refractivity contribution < 1.29 is 23.1 Å². The summed E-state index contributed by atoms with van der Waals surface area (Å²) in [7, 11) is 0. The Hall–Kier alpha value is -2.43. The number of rotatable bonds is 5. The minimum absolute atomic E-state index is 0.121. The van der Waals surface area contributed by atoms with Crippen molar-refractivity contribution in [1.82, 2.24) is 14.8 Å². The van der Waals surface area contributed by atoms with Crippen molar-refractivity contribution in [2.45, 2.75) is 45.4 Å². The molecule has 0 spiro atoms. The fraction of sp³-hybridized carbons (Fsp3) is 0.522. The van der Waals surface area contributed by atoms with Gasteiger partial charge in [-0.2, -0.15) is 0 Å². The van der Waals surface area contributed by atoms with E-state index in [2.05, 4.69) is 29.0 Å². The van der Waals surface area contributed by atoms with E-state index in [-0.39, 0.29) is 29.6 Å². The van der Waals surface area contributed by atoms with Crippen molar-refractivity contribution in [3.8, 4) is 0 Å². The van der Waals surface area contributed by atoms with Crippen LogP contribution >= 0.6 is 11.3 Å². The molecule has 2 aromatic rings. The van der Waals surface area contributed by atoms with E-state index in [1.807, 2.05) is 5.38 Å². The molecule has 4 rings (SSSR count). The van der Waals surface area contributed by atoms with Gasteiger partial charge < -0.3 is 15.0 Å². The molecule has 2 saturated heterocycles. The van der Waals surface area contributed by atoms with Gasteiger partial charge in [-0.25, -0.2) is 13.8 Å². The molecule has 2 atom stereocenters. The van der Waals surface area contributed by atoms with Crippen LogP contribution in [0.4, 0.5) is 13.9 Å². The number of thiazole rings is 1. The fourth-order valence-corrected chi connectivity index (χ4v) is 5.17. The van der Waals surface area contributed by atoms with Crippen LogP contribution in [0.15, 0.2) is 23.6 Å². The SMILES string of the molecule is CC1CN(Cc2csc(NC(=O)C3CCN(C(=O)c4ccc(F)cc4F)CC3)n2)CC(C)O1. The first-order chi connectivity index (χ1) is 15.8. The molecule has 178 valence electrons. The molecule has 2 amide bonds. The third-order valence-electron chi connectivity index (χ3n) is 5.98. The first-order valence-corrected chi connectivity index (χ1v) is 12.0. The molecule has 2 unspecified atom stereocenters. The smallest absolute Gasteiger partial charge is 0.256 e. The van der Waals surface area contributed by atoms with E-state index in [9.17, 15) is 18.4 Å². The molecule has 3 heterocycles. The lowest BCUT2D eigenvalue weighted by Gasteiger charge is -2.34. The standard InChI is InChI=1S/C23H28F2N4O3S/c1-14-10-28(11-15(2)32-14)12-18-13-33-23(26-18)27-21(30)16-5-7-29(8-6-16)22(31)19-4-3-17(24)9-20(19)25/h3-4,9,13-16H,5-8,10-12H2,1-2H3,(H,26,27,30). The van der Waals surface area contributed by atoms with Crippen LogP contribution < -0.4 is 5.32 Å². The number of halogens is 2. The molecule has 10 heteroatoms. The van der Waals surface area contributed by atoms with E-state index >= 15 is 0 Å². The van der Waals surface area contributed by atoms with E-state index < -0.39 is 17.5 Å². The number of likely N-dealkylation sites (tertiary alicyclic amines) is 1. The van der Waals surface area contributed by atoms with Crippen LogP contribution in [0.25, 0.3) is 0 Å². The summed E-state index contributed by atoms with van der Waals surface area (Å²) in [5.41, 5.74) is 0.761. The molecular formula is C23H28F2N4O3S. The topological polar surface area (TPSA) is 74.8 Å². The summed E-state index contributed by atoms with van der Waals surface area (Å²) in [5.74, 6) is -2.45. The summed E-state index contributed by atoms with van der Waals surface area (Å²) in [6, 6.07) is 2.93. The number of morpholine rings is 1. The van der Waals surface area contributed by atoms with Gasteiger partial charge >= 0.3 is 0 Å². The highest BCUT2D eigenvalue weighted by molar-refractivity contribution is 7.13. The van der Waals surface area contributed by atoms with Gasteiger partial charge in [-0.15, -0.1) is 11.3 Å². The van der Waals surface area contributed by atoms with Crippen LogP contribution in [-0.2, 0) is 16.1 Å². The molecule has 2 fully saturated rings. The Labute approximate surface area is 195 Å². The quantitative estimate of drug-likeness (QED) is 0.712. The van der Waals surface area contributed by atoms with Crippen LogP contribution in [0.3, 0.4) is 0 Å². The van der Waals surface area contributed by atoms with Crippen LogP contribution in [0.1, 0.15) is 42.7 Å². The Bertz CT molecular complexity index is 999. The lowest BCUT2D eigenvalue weighted by molar-refractivity contribution is -0.121. The van der Waals surface area contributed by atoms with Gasteiger partial charge in [-0.3, -0.25) is 14.5 Å². The first-order valence-electron chi connectivity index (χ1n) is 11.2. The van der Waals surface area contributed by atoms with E-state index in [0.29, 0.717) is 43.7 Å². The number of hydrogen-bond acceptors (Lipinski definition) is 6. The second-order valence-corrected chi connectivity index (χ2v) is 9.63. The summed E-state index contributed by atoms with van der Waals surface area (Å²) in [6.07, 6.45) is 1.32. The minimum Gasteiger partial charge on any atom is -0.373 e. The number of piperidine rings is 1. The van der Waals surface area contributed by atoms with Crippen LogP contribution in [0.5, 0.6) is 0 Å². The maximum Gasteiger partial charge on any atom is 0.256 e. The van der Waals surface area contributed by atoms with Crippen molar-refractivity contribution in [3.05, 3.63) is 46.5 Å². The zero-order valence-electron chi connectivity index (χ0n) is 18.7. The Kier molecular flexibility index (Phi) is 7.35. The fourth-order valence-electron chi connectivity index (χ4n) is 4.47. The van der Waals surface area contributed by atoms with Crippen molar-refractivity contribution in [2.75, 3.05) is 31.5 Å². The Morgan fingerprint density at radius 2 is 1.88 bits per heavy atom. The molecule has 1 aromatic heterocycles. The summed E-state index contributed by atoms with van der Waals surface area (Å²) < 4.78 is 32.8. The highest BCUT2D eigenvalue weighted by Gasteiger charge is 2.29. The monoisotopic (exact) mass is 478 g/mol. The number of carbonyl (C=O) groups excluding carboxylic acids is 2. The second kappa shape index (κ2) is 10.2. The normalized spacial score (nSPS) is 22.4. The van der Waals surface area contributed by atoms with Crippen molar-refractivity contribution in [1.29, 1.82) is 0 Å². The number of nitrogens with zero attached hydrogens (tertiary/aromatic N) is 3. The molecule has 1 N–H and O–H groups in total. The molecule has 2 aliphatic heterocycles. The summed E-state index contributed by atoms with van der Waals surface area (Å²) in [5, 5.41) is 5.42. The Morgan fingerprint density at radius 1 is 1.18 bits per heavy atom. The van der Waals surface area contributed by atoms with Crippen LogP contribution in [0, 0.1) is 17.6 Å². The zero-order valence-corrected chi connectivity index (χ0v) is 19.5. The van der Waals surface area contributed by atoms with Gasteiger partial charge in [0.1, 0.15) is 11.6 Å². The van der Waals surface area contributed by atoms with Gasteiger partial charge in [0, 0.05) is 50.1 Å². The molecule has 0 bridgehead atoms. The van der Waals surface area contributed by atoms with E-state index in [0.717, 1.165) is 30.9 Å². The number of hydrogen-bond donors (Lipinski definition) is 1. The number of benzene rings is 1. The molecule has 2 aliphatic rings. The van der Waals surface area contributed by atoms with Gasteiger partial charge in [0.2, 0.25) is 5.91 Å². The number of carbonyl (C=O) groups is 2. The predicted octanol–water partition coefficient (Wildman–Crippen LogP) is 3.52. The minimum atomic E-state index is -0.875. The summed E-state index contributed by atoms with van der Waals surface area (Å²) in [4.78, 5) is 33.6. The van der Waals surface area contributed by atoms with Crippen molar-refractivity contribution >= 4 is 28.3 Å². The first kappa shape index (κ1) is 23.7. The molecule has 0 radical (unpaired) electrons. The Morgan fingerprint density at radius 3 is 2.55 bits per heavy atom. The maximum absolute atomic E-state index is 13.9. The third kappa shape index (κ3) is 5.93. The average molecular weight is 479 g/mol. The van der Waals surface area contributed by atoms with Gasteiger partial charge in [0.05, 0.1) is 23.5 Å². The van der Waals surface area contributed by atoms with Crippen molar-refractivity contribution in [2.24, 2.45) is 5.92 Å². The van der Waals surface area contributed by atoms with Gasteiger partial charge in [0.15, 0.2) is 5.13 Å². The predicted molar refractivity (Wildman–Crippen MR) is 121 cm³/mol. The van der Waals surface area contributed by atoms with Crippen LogP contribution in [-0.4, -0.2) is 65.0 Å². The van der Waals surface area contributed by atoms with E-state index in [1.165, 1.54) is 16.2 Å². The zero-order chi connectivity index (χ0) is 23.5. The molecule has 1 aromatic carbocycles. The molecular weight excluding hydrogens is 450 g/mol. The second-order valence-electron chi connectivity index (χ2n) is 8.78. The largest absolute Gasteiger partial charge is 0.373 e. The number of aromatic nitrogens is 1. The lowest BCUT2D eigenvalue weighted by Crippen LogP contribution is -2.44. The highest BCUT2D eigenvalue weighted by Crippen LogP contribution is 2.24. The molecule has 33 heavy (non-hydrogen) atoms. The van der Waals surface area contributed by atoms with E-state index in [1.54, 1.807) is 0 Å². The Balaban J connectivity index is 1.27. The summed E-state index contributed by atoms with van der Waals surface area (Å²) >= 11 is 1.40. The van der Waals surface area contributed by atoms with E-state index in [4.69, 9.17) is 4.74 Å². The number of anilines is 1. The number of nitrogens with one attached hydrogen (secondary N) is 1. The average Bonchev–Trinajstić information content (AvgIpc) is 3.19. The van der Waals surface area contributed by atoms with Gasteiger partial charge in [-0.1, -0.05) is 0 Å². The van der Waals surface area contributed by atoms with Gasteiger partial charge in [0.25, 0.3) is 5.91 Å². The van der Waals surface area contributed by atoms with Crippen LogP contribution in [0.2, 0.25) is 0 Å². The third-order valence-corrected chi connectivity index (χ3v) is 6.78. The molecule has 0 saturated carbocycles. The van der Waals surface area contributed by atoms with Gasteiger partial charge in [-0.05, 0) is 38.8 Å². The summed E-state index contributed by atoms with van der Waals surface area (Å²) in [6.45, 7) is 7.21. The lowest BCUT2D eigenvalue weighted by atomic mass is 9.95. The maximum atomic E-state index is 13.9.